The molecule has 0 amide bonds. The van der Waals surface area contributed by atoms with Gasteiger partial charge in [-0.25, -0.2) is 0 Å². The second-order valence-corrected chi connectivity index (χ2v) is 5.50. The average Bonchev–Trinajstić information content (AvgIpc) is 2.59. The second-order valence-electron chi connectivity index (χ2n) is 5.50. The molecule has 0 aromatic heterocycles. The summed E-state index contributed by atoms with van der Waals surface area (Å²) < 4.78 is 0. The summed E-state index contributed by atoms with van der Waals surface area (Å²) in [5.74, 6) is 0. The average molecular weight is 342 g/mol. The molecule has 25 heavy (non-hydrogen) atoms. The number of hydrazone groups is 1. The Morgan fingerprint density at radius 2 is 1.76 bits per heavy atom. The van der Waals surface area contributed by atoms with Crippen LogP contribution in [-0.4, -0.2) is 15.6 Å². The van der Waals surface area contributed by atoms with Gasteiger partial charge in [-0.3, -0.25) is 25.7 Å². The number of non-ortho nitro benzene ring substituents is 1. The van der Waals surface area contributed by atoms with Crippen molar-refractivity contribution in [2.75, 3.05) is 5.43 Å². The molecular formula is C17H18N4O4. The molecule has 1 N–H and O–H groups in total. The first-order chi connectivity index (χ1) is 11.9. The molecule has 8 nitrogen and oxygen atoms in total. The molecule has 0 heterocycles. The van der Waals surface area contributed by atoms with Crippen molar-refractivity contribution in [3.63, 3.8) is 0 Å². The molecule has 0 fully saturated rings. The molecule has 0 aliphatic heterocycles. The molecule has 2 rings (SSSR count). The minimum atomic E-state index is -0.672. The van der Waals surface area contributed by atoms with Crippen LogP contribution in [0.1, 0.15) is 30.9 Å². The highest BCUT2D eigenvalue weighted by Gasteiger charge is 2.19. The fraction of sp³-hybridized carbons (Fsp3) is 0.235. The lowest BCUT2D eigenvalue weighted by molar-refractivity contribution is -0.393. The van der Waals surface area contributed by atoms with Crippen LogP contribution in [0.2, 0.25) is 0 Å². The fourth-order valence-corrected chi connectivity index (χ4v) is 2.25. The molecule has 0 saturated heterocycles. The van der Waals surface area contributed by atoms with Crippen LogP contribution in [0.5, 0.6) is 0 Å². The molecule has 2 aromatic carbocycles. The maximum absolute atomic E-state index is 11.2. The highest BCUT2D eigenvalue weighted by atomic mass is 16.6. The SMILES string of the molecule is CCCC(=NNc1ccc([N+](=O)[O-])cc1[N+](=O)[O-])c1ccc(C)cc1. The van der Waals surface area contributed by atoms with E-state index in [1.165, 1.54) is 12.1 Å². The molecule has 130 valence electrons. The van der Waals surface area contributed by atoms with E-state index in [0.717, 1.165) is 29.3 Å². The molecule has 0 unspecified atom stereocenters. The Hall–Kier alpha value is -3.29. The lowest BCUT2D eigenvalue weighted by Gasteiger charge is -2.08. The molecule has 0 radical (unpaired) electrons. The third-order valence-electron chi connectivity index (χ3n) is 3.57. The van der Waals surface area contributed by atoms with E-state index >= 15 is 0 Å². The number of nitrogens with one attached hydrogen (secondary N) is 1. The number of hydrogen-bond donors (Lipinski definition) is 1. The van der Waals surface area contributed by atoms with Crippen LogP contribution in [0, 0.1) is 27.2 Å². The van der Waals surface area contributed by atoms with Crippen molar-refractivity contribution in [2.45, 2.75) is 26.7 Å². The Morgan fingerprint density at radius 3 is 2.32 bits per heavy atom. The first-order valence-corrected chi connectivity index (χ1v) is 7.74. The van der Waals surface area contributed by atoms with Crippen molar-refractivity contribution in [1.29, 1.82) is 0 Å². The van der Waals surface area contributed by atoms with E-state index in [4.69, 9.17) is 0 Å². The van der Waals surface area contributed by atoms with E-state index in [-0.39, 0.29) is 11.4 Å². The van der Waals surface area contributed by atoms with Gasteiger partial charge in [-0.2, -0.15) is 5.10 Å². The molecule has 0 aliphatic carbocycles. The minimum absolute atomic E-state index is 0.108. The molecule has 0 spiro atoms. The van der Waals surface area contributed by atoms with E-state index in [2.05, 4.69) is 10.5 Å². The zero-order valence-electron chi connectivity index (χ0n) is 13.9. The van der Waals surface area contributed by atoms with E-state index < -0.39 is 15.5 Å². The first kappa shape index (κ1) is 18.1. The number of nitrogens with zero attached hydrogens (tertiary/aromatic N) is 3. The van der Waals surface area contributed by atoms with Gasteiger partial charge >= 0.3 is 5.69 Å². The monoisotopic (exact) mass is 342 g/mol. The molecule has 0 atom stereocenters. The van der Waals surface area contributed by atoms with Gasteiger partial charge in [-0.05, 0) is 25.0 Å². The van der Waals surface area contributed by atoms with Gasteiger partial charge in [0.25, 0.3) is 5.69 Å². The van der Waals surface area contributed by atoms with Crippen LogP contribution in [0.3, 0.4) is 0 Å². The highest BCUT2D eigenvalue weighted by molar-refractivity contribution is 6.01. The number of rotatable bonds is 7. The zero-order chi connectivity index (χ0) is 18.4. The van der Waals surface area contributed by atoms with Crippen molar-refractivity contribution in [3.05, 3.63) is 73.8 Å². The summed E-state index contributed by atoms with van der Waals surface area (Å²) in [5.41, 5.74) is 4.86. The van der Waals surface area contributed by atoms with Crippen LogP contribution < -0.4 is 5.43 Å². The van der Waals surface area contributed by atoms with Crippen LogP contribution in [0.15, 0.2) is 47.6 Å². The standard InChI is InChI=1S/C17H18N4O4/c1-3-4-15(13-7-5-12(2)6-8-13)18-19-16-10-9-14(20(22)23)11-17(16)21(24)25/h5-11,19H,3-4H2,1-2H3. The van der Waals surface area contributed by atoms with Gasteiger partial charge in [0.1, 0.15) is 5.69 Å². The van der Waals surface area contributed by atoms with E-state index in [9.17, 15) is 20.2 Å². The molecule has 0 bridgehead atoms. The smallest absolute Gasteiger partial charge is 0.271 e. The highest BCUT2D eigenvalue weighted by Crippen LogP contribution is 2.29. The van der Waals surface area contributed by atoms with Crippen LogP contribution in [0.25, 0.3) is 0 Å². The van der Waals surface area contributed by atoms with Crippen LogP contribution in [0.4, 0.5) is 17.1 Å². The number of nitro groups is 2. The minimum Gasteiger partial charge on any atom is -0.271 e. The van der Waals surface area contributed by atoms with E-state index in [1.807, 2.05) is 38.1 Å². The van der Waals surface area contributed by atoms with Crippen molar-refractivity contribution >= 4 is 22.8 Å². The lowest BCUT2D eigenvalue weighted by atomic mass is 10.0. The van der Waals surface area contributed by atoms with Gasteiger partial charge < -0.3 is 0 Å². The van der Waals surface area contributed by atoms with E-state index in [0.29, 0.717) is 6.42 Å². The molecule has 0 saturated carbocycles. The summed E-state index contributed by atoms with van der Waals surface area (Å²) in [6, 6.07) is 11.2. The molecule has 2 aromatic rings. The number of nitro benzene ring substituents is 2. The first-order valence-electron chi connectivity index (χ1n) is 7.74. The second kappa shape index (κ2) is 8.00. The summed E-state index contributed by atoms with van der Waals surface area (Å²) in [7, 11) is 0. The summed E-state index contributed by atoms with van der Waals surface area (Å²) in [6.07, 6.45) is 1.55. The normalized spacial score (nSPS) is 11.2. The number of hydrogen-bond acceptors (Lipinski definition) is 6. The van der Waals surface area contributed by atoms with Gasteiger partial charge in [-0.15, -0.1) is 0 Å². The lowest BCUT2D eigenvalue weighted by Crippen LogP contribution is -2.05. The van der Waals surface area contributed by atoms with Gasteiger partial charge in [0, 0.05) is 6.07 Å². The van der Waals surface area contributed by atoms with Gasteiger partial charge in [0.2, 0.25) is 0 Å². The number of anilines is 1. The zero-order valence-corrected chi connectivity index (χ0v) is 13.9. The topological polar surface area (TPSA) is 111 Å². The summed E-state index contributed by atoms with van der Waals surface area (Å²) in [5, 5.41) is 26.2. The van der Waals surface area contributed by atoms with Gasteiger partial charge in [0.15, 0.2) is 0 Å². The van der Waals surface area contributed by atoms with E-state index in [1.54, 1.807) is 0 Å². The largest absolute Gasteiger partial charge is 0.301 e. The van der Waals surface area contributed by atoms with Gasteiger partial charge in [0.05, 0.1) is 21.6 Å². The molecular weight excluding hydrogens is 324 g/mol. The Kier molecular flexibility index (Phi) is 5.78. The van der Waals surface area contributed by atoms with Crippen molar-refractivity contribution in [2.24, 2.45) is 5.10 Å². The Balaban J connectivity index is 2.35. The maximum atomic E-state index is 11.2. The summed E-state index contributed by atoms with van der Waals surface area (Å²) >= 11 is 0. The van der Waals surface area contributed by atoms with Gasteiger partial charge in [-0.1, -0.05) is 43.2 Å². The summed E-state index contributed by atoms with van der Waals surface area (Å²) in [6.45, 7) is 4.00. The third-order valence-corrected chi connectivity index (χ3v) is 3.57. The number of aryl methyl sites for hydroxylation is 1. The molecule has 8 heteroatoms. The fourth-order valence-electron chi connectivity index (χ4n) is 2.25. The maximum Gasteiger partial charge on any atom is 0.301 e. The van der Waals surface area contributed by atoms with Crippen LogP contribution in [-0.2, 0) is 0 Å². The Bertz CT molecular complexity index is 816. The third kappa shape index (κ3) is 4.60. The Labute approximate surface area is 144 Å². The predicted molar refractivity (Wildman–Crippen MR) is 96.0 cm³/mol. The number of benzene rings is 2. The Morgan fingerprint density at radius 1 is 1.08 bits per heavy atom. The van der Waals surface area contributed by atoms with Crippen LogP contribution >= 0.6 is 0 Å². The van der Waals surface area contributed by atoms with Crippen molar-refractivity contribution in [1.82, 2.24) is 0 Å². The van der Waals surface area contributed by atoms with Crippen molar-refractivity contribution in [3.8, 4) is 0 Å². The summed E-state index contributed by atoms with van der Waals surface area (Å²) in [4.78, 5) is 20.6. The van der Waals surface area contributed by atoms with Crippen molar-refractivity contribution < 1.29 is 9.85 Å². The predicted octanol–water partition coefficient (Wildman–Crippen LogP) is 4.43. The quantitative estimate of drug-likeness (QED) is 0.454. The molecule has 0 aliphatic rings.